The average molecular weight is 362 g/mol. The lowest BCUT2D eigenvalue weighted by Gasteiger charge is -2.24. The van der Waals surface area contributed by atoms with Crippen LogP contribution in [-0.4, -0.2) is 35.1 Å². The van der Waals surface area contributed by atoms with E-state index in [1.54, 1.807) is 13.0 Å². The van der Waals surface area contributed by atoms with Crippen molar-refractivity contribution in [1.82, 2.24) is 4.90 Å². The SMILES string of the molecule is CCC(C(=O)O)N(C)C(=O)Nc1cccc(I)c1. The normalized spacial score (nSPS) is 11.7. The van der Waals surface area contributed by atoms with Gasteiger partial charge < -0.3 is 15.3 Å². The van der Waals surface area contributed by atoms with Gasteiger partial charge in [0.2, 0.25) is 0 Å². The maximum atomic E-state index is 11.9. The third-order valence-corrected chi connectivity index (χ3v) is 3.21. The minimum atomic E-state index is -1.00. The van der Waals surface area contributed by atoms with Crippen molar-refractivity contribution in [2.75, 3.05) is 12.4 Å². The molecule has 5 nitrogen and oxygen atoms in total. The lowest BCUT2D eigenvalue weighted by Crippen LogP contribution is -2.44. The van der Waals surface area contributed by atoms with Gasteiger partial charge in [-0.1, -0.05) is 13.0 Å². The van der Waals surface area contributed by atoms with Gasteiger partial charge in [-0.15, -0.1) is 0 Å². The van der Waals surface area contributed by atoms with Crippen LogP contribution in [0.25, 0.3) is 0 Å². The molecule has 0 saturated heterocycles. The van der Waals surface area contributed by atoms with Gasteiger partial charge in [0.05, 0.1) is 0 Å². The Hall–Kier alpha value is -1.31. The zero-order chi connectivity index (χ0) is 13.7. The zero-order valence-electron chi connectivity index (χ0n) is 10.2. The van der Waals surface area contributed by atoms with Crippen LogP contribution in [0.2, 0.25) is 0 Å². The quantitative estimate of drug-likeness (QED) is 0.809. The number of carboxylic acids is 1. The number of rotatable bonds is 4. The molecule has 1 aromatic rings. The van der Waals surface area contributed by atoms with Crippen molar-refractivity contribution in [3.8, 4) is 0 Å². The highest BCUT2D eigenvalue weighted by Crippen LogP contribution is 2.13. The second-order valence-electron chi connectivity index (χ2n) is 3.81. The number of nitrogens with one attached hydrogen (secondary N) is 1. The number of nitrogens with zero attached hydrogens (tertiary/aromatic N) is 1. The molecule has 6 heteroatoms. The lowest BCUT2D eigenvalue weighted by atomic mass is 10.2. The molecule has 0 fully saturated rings. The highest BCUT2D eigenvalue weighted by Gasteiger charge is 2.24. The summed E-state index contributed by atoms with van der Waals surface area (Å²) < 4.78 is 0.998. The standard InChI is InChI=1S/C12H15IN2O3/c1-3-10(11(16)17)15(2)12(18)14-9-6-4-5-8(13)7-9/h4-7,10H,3H2,1-2H3,(H,14,18)(H,16,17). The topological polar surface area (TPSA) is 69.6 Å². The molecule has 1 atom stereocenters. The summed E-state index contributed by atoms with van der Waals surface area (Å²) in [6, 6.07) is 6.07. The van der Waals surface area contributed by atoms with Gasteiger partial charge in [0.25, 0.3) is 0 Å². The molecule has 1 aromatic carbocycles. The van der Waals surface area contributed by atoms with Crippen LogP contribution in [0.5, 0.6) is 0 Å². The van der Waals surface area contributed by atoms with Gasteiger partial charge in [-0.2, -0.15) is 0 Å². The lowest BCUT2D eigenvalue weighted by molar-refractivity contribution is -0.141. The van der Waals surface area contributed by atoms with Crippen LogP contribution < -0.4 is 5.32 Å². The Morgan fingerprint density at radius 3 is 2.67 bits per heavy atom. The second-order valence-corrected chi connectivity index (χ2v) is 5.06. The maximum absolute atomic E-state index is 11.9. The molecule has 2 N–H and O–H groups in total. The molecule has 0 saturated carbocycles. The number of benzene rings is 1. The molecular weight excluding hydrogens is 347 g/mol. The van der Waals surface area contributed by atoms with Gasteiger partial charge in [0.15, 0.2) is 0 Å². The number of amides is 2. The molecule has 0 radical (unpaired) electrons. The monoisotopic (exact) mass is 362 g/mol. The molecule has 18 heavy (non-hydrogen) atoms. The summed E-state index contributed by atoms with van der Waals surface area (Å²) in [4.78, 5) is 24.0. The summed E-state index contributed by atoms with van der Waals surface area (Å²) in [7, 11) is 1.48. The number of carboxylic acid groups (broad SMARTS) is 1. The number of carbonyl (C=O) groups excluding carboxylic acids is 1. The summed E-state index contributed by atoms with van der Waals surface area (Å²) in [6.07, 6.45) is 0.367. The van der Waals surface area contributed by atoms with Crippen molar-refractivity contribution in [2.45, 2.75) is 19.4 Å². The van der Waals surface area contributed by atoms with Crippen LogP contribution >= 0.6 is 22.6 Å². The van der Waals surface area contributed by atoms with E-state index in [1.807, 2.05) is 18.2 Å². The van der Waals surface area contributed by atoms with Gasteiger partial charge >= 0.3 is 12.0 Å². The van der Waals surface area contributed by atoms with Crippen LogP contribution in [0.1, 0.15) is 13.3 Å². The van der Waals surface area contributed by atoms with E-state index in [9.17, 15) is 9.59 Å². The largest absolute Gasteiger partial charge is 0.480 e. The Bertz CT molecular complexity index is 451. The van der Waals surface area contributed by atoms with Gasteiger partial charge in [0.1, 0.15) is 6.04 Å². The molecule has 0 heterocycles. The van der Waals surface area contributed by atoms with Crippen molar-refractivity contribution < 1.29 is 14.7 Å². The highest BCUT2D eigenvalue weighted by atomic mass is 127. The summed E-state index contributed by atoms with van der Waals surface area (Å²) in [6.45, 7) is 1.73. The number of carbonyl (C=O) groups is 2. The van der Waals surface area contributed by atoms with Crippen LogP contribution in [0.3, 0.4) is 0 Å². The predicted molar refractivity (Wildman–Crippen MR) is 77.7 cm³/mol. The van der Waals surface area contributed by atoms with Gasteiger partial charge in [-0.25, -0.2) is 9.59 Å². The number of hydrogen-bond donors (Lipinski definition) is 2. The Morgan fingerprint density at radius 1 is 1.50 bits per heavy atom. The number of hydrogen-bond acceptors (Lipinski definition) is 2. The first kappa shape index (κ1) is 14.7. The molecule has 0 aromatic heterocycles. The van der Waals surface area contributed by atoms with Gasteiger partial charge in [-0.3, -0.25) is 0 Å². The minimum Gasteiger partial charge on any atom is -0.480 e. The minimum absolute atomic E-state index is 0.367. The van der Waals surface area contributed by atoms with Crippen molar-refractivity contribution >= 4 is 40.3 Å². The molecule has 0 aliphatic rings. The summed E-state index contributed by atoms with van der Waals surface area (Å²) in [5, 5.41) is 11.7. The van der Waals surface area contributed by atoms with E-state index >= 15 is 0 Å². The maximum Gasteiger partial charge on any atom is 0.326 e. The molecule has 0 aliphatic carbocycles. The second kappa shape index (κ2) is 6.58. The molecule has 1 unspecified atom stereocenters. The molecular formula is C12H15IN2O3. The van der Waals surface area contributed by atoms with E-state index in [2.05, 4.69) is 27.9 Å². The summed E-state index contributed by atoms with van der Waals surface area (Å²) in [5.41, 5.74) is 0.652. The van der Waals surface area contributed by atoms with E-state index < -0.39 is 18.0 Å². The number of urea groups is 1. The fourth-order valence-corrected chi connectivity index (χ4v) is 2.08. The van der Waals surface area contributed by atoms with Crippen molar-refractivity contribution in [3.05, 3.63) is 27.8 Å². The molecule has 0 spiro atoms. The molecule has 0 bridgehead atoms. The first-order valence-electron chi connectivity index (χ1n) is 5.48. The van der Waals surface area contributed by atoms with Gasteiger partial charge in [-0.05, 0) is 47.2 Å². The summed E-state index contributed by atoms with van der Waals surface area (Å²) >= 11 is 2.14. The van der Waals surface area contributed by atoms with E-state index in [1.165, 1.54) is 11.9 Å². The van der Waals surface area contributed by atoms with E-state index in [0.717, 1.165) is 3.57 Å². The van der Waals surface area contributed by atoms with Crippen LogP contribution in [-0.2, 0) is 4.79 Å². The van der Waals surface area contributed by atoms with E-state index in [0.29, 0.717) is 12.1 Å². The van der Waals surface area contributed by atoms with Crippen molar-refractivity contribution in [1.29, 1.82) is 0 Å². The smallest absolute Gasteiger partial charge is 0.326 e. The number of likely N-dealkylation sites (N-methyl/N-ethyl adjacent to an activating group) is 1. The Balaban J connectivity index is 2.73. The predicted octanol–water partition coefficient (Wildman–Crippen LogP) is 2.62. The number of aliphatic carboxylic acids is 1. The molecule has 0 aliphatic heterocycles. The first-order valence-corrected chi connectivity index (χ1v) is 6.55. The highest BCUT2D eigenvalue weighted by molar-refractivity contribution is 14.1. The third kappa shape index (κ3) is 3.86. The summed E-state index contributed by atoms with van der Waals surface area (Å²) in [5.74, 6) is -1.00. The fourth-order valence-electron chi connectivity index (χ4n) is 1.53. The Kier molecular flexibility index (Phi) is 5.39. The number of halogens is 1. The van der Waals surface area contributed by atoms with Crippen LogP contribution in [0.15, 0.2) is 24.3 Å². The Labute approximate surface area is 119 Å². The average Bonchev–Trinajstić information content (AvgIpc) is 2.29. The zero-order valence-corrected chi connectivity index (χ0v) is 12.3. The van der Waals surface area contributed by atoms with E-state index in [-0.39, 0.29) is 0 Å². The molecule has 1 rings (SSSR count). The molecule has 2 amide bonds. The third-order valence-electron chi connectivity index (χ3n) is 2.54. The fraction of sp³-hybridized carbons (Fsp3) is 0.333. The van der Waals surface area contributed by atoms with Crippen molar-refractivity contribution in [2.24, 2.45) is 0 Å². The Morgan fingerprint density at radius 2 is 2.17 bits per heavy atom. The molecule has 98 valence electrons. The van der Waals surface area contributed by atoms with Crippen LogP contribution in [0, 0.1) is 3.57 Å². The van der Waals surface area contributed by atoms with Crippen LogP contribution in [0.4, 0.5) is 10.5 Å². The van der Waals surface area contributed by atoms with Gasteiger partial charge in [0, 0.05) is 16.3 Å². The van der Waals surface area contributed by atoms with Crippen molar-refractivity contribution in [3.63, 3.8) is 0 Å². The van der Waals surface area contributed by atoms with E-state index in [4.69, 9.17) is 5.11 Å². The first-order chi connectivity index (χ1) is 8.45. The number of anilines is 1.